The summed E-state index contributed by atoms with van der Waals surface area (Å²) in [5.74, 6) is 1.30. The molecule has 0 fully saturated rings. The number of nitrogens with two attached hydrogens (primary N) is 1. The van der Waals surface area contributed by atoms with Crippen LogP contribution in [0.15, 0.2) is 48.5 Å². The summed E-state index contributed by atoms with van der Waals surface area (Å²) in [6.07, 6.45) is -0.217. The third-order valence-electron chi connectivity index (χ3n) is 3.44. The van der Waals surface area contributed by atoms with Crippen LogP contribution in [0.5, 0.6) is 5.75 Å². The summed E-state index contributed by atoms with van der Waals surface area (Å²) in [7, 11) is 0. The highest BCUT2D eigenvalue weighted by molar-refractivity contribution is 6.30. The van der Waals surface area contributed by atoms with Crippen molar-refractivity contribution in [1.82, 2.24) is 0 Å². The van der Waals surface area contributed by atoms with Crippen molar-refractivity contribution in [2.24, 2.45) is 5.73 Å². The van der Waals surface area contributed by atoms with Crippen molar-refractivity contribution < 1.29 is 4.74 Å². The maximum absolute atomic E-state index is 6.12. The van der Waals surface area contributed by atoms with Gasteiger partial charge in [-0.3, -0.25) is 0 Å². The molecule has 2 aromatic rings. The quantitative estimate of drug-likeness (QED) is 0.850. The van der Waals surface area contributed by atoms with Gasteiger partial charge in [-0.2, -0.15) is 0 Å². The molecule has 0 amide bonds. The molecule has 2 N–H and O–H groups in total. The molecule has 2 atom stereocenters. The molecule has 2 aromatic carbocycles. The fourth-order valence-electron chi connectivity index (χ4n) is 2.26. The van der Waals surface area contributed by atoms with E-state index in [2.05, 4.69) is 26.0 Å². The molecule has 2 rings (SSSR count). The van der Waals surface area contributed by atoms with E-state index in [1.807, 2.05) is 43.3 Å². The van der Waals surface area contributed by atoms with E-state index in [-0.39, 0.29) is 12.1 Å². The maximum Gasteiger partial charge on any atom is 0.138 e. The van der Waals surface area contributed by atoms with Crippen LogP contribution in [0.1, 0.15) is 43.9 Å². The van der Waals surface area contributed by atoms with Crippen LogP contribution >= 0.6 is 11.6 Å². The van der Waals surface area contributed by atoms with Crippen LogP contribution in [0.4, 0.5) is 0 Å². The van der Waals surface area contributed by atoms with Crippen LogP contribution in [0.25, 0.3) is 0 Å². The summed E-state index contributed by atoms with van der Waals surface area (Å²) in [6.45, 7) is 6.27. The SMILES string of the molecule is CC(C)c1cccc(OC(c2cccc(Cl)c2)C(C)N)c1. The topological polar surface area (TPSA) is 35.2 Å². The Labute approximate surface area is 131 Å². The van der Waals surface area contributed by atoms with E-state index in [4.69, 9.17) is 22.1 Å². The highest BCUT2D eigenvalue weighted by atomic mass is 35.5. The van der Waals surface area contributed by atoms with Gasteiger partial charge in [0.2, 0.25) is 0 Å². The lowest BCUT2D eigenvalue weighted by atomic mass is 10.0. The number of halogens is 1. The van der Waals surface area contributed by atoms with Crippen LogP contribution in [0.3, 0.4) is 0 Å². The zero-order valence-corrected chi connectivity index (χ0v) is 13.5. The Morgan fingerprint density at radius 2 is 1.62 bits per heavy atom. The molecule has 0 aliphatic rings. The van der Waals surface area contributed by atoms with E-state index in [0.29, 0.717) is 10.9 Å². The molecule has 0 saturated carbocycles. The summed E-state index contributed by atoms with van der Waals surface area (Å²) < 4.78 is 6.12. The minimum atomic E-state index is -0.217. The third-order valence-corrected chi connectivity index (χ3v) is 3.68. The second-order valence-corrected chi connectivity index (χ2v) is 6.12. The Bertz CT molecular complexity index is 595. The minimum absolute atomic E-state index is 0.133. The molecule has 0 saturated heterocycles. The van der Waals surface area contributed by atoms with Gasteiger partial charge in [-0.05, 0) is 48.2 Å². The van der Waals surface area contributed by atoms with Gasteiger partial charge < -0.3 is 10.5 Å². The lowest BCUT2D eigenvalue weighted by Crippen LogP contribution is -2.29. The van der Waals surface area contributed by atoms with Crippen molar-refractivity contribution in [3.05, 3.63) is 64.7 Å². The number of ether oxygens (including phenoxy) is 1. The fourth-order valence-corrected chi connectivity index (χ4v) is 2.45. The summed E-state index contributed by atoms with van der Waals surface area (Å²) in [5, 5.41) is 0.692. The second-order valence-electron chi connectivity index (χ2n) is 5.68. The summed E-state index contributed by atoms with van der Waals surface area (Å²) in [4.78, 5) is 0. The standard InChI is InChI=1S/C18H22ClNO/c1-12(2)14-6-5-9-17(11-14)21-18(13(3)20)15-7-4-8-16(19)10-15/h4-13,18H,20H2,1-3H3. The molecule has 112 valence electrons. The Balaban J connectivity index is 2.26. The number of rotatable bonds is 5. The van der Waals surface area contributed by atoms with Crippen LogP contribution < -0.4 is 10.5 Å². The molecule has 0 bridgehead atoms. The van der Waals surface area contributed by atoms with E-state index < -0.39 is 0 Å². The average molecular weight is 304 g/mol. The van der Waals surface area contributed by atoms with Crippen LogP contribution in [0, 0.1) is 0 Å². The molecule has 0 spiro atoms. The molecular weight excluding hydrogens is 282 g/mol. The highest BCUT2D eigenvalue weighted by Crippen LogP contribution is 2.28. The largest absolute Gasteiger partial charge is 0.484 e. The Kier molecular flexibility index (Phi) is 5.27. The number of hydrogen-bond donors (Lipinski definition) is 1. The predicted octanol–water partition coefficient (Wildman–Crippen LogP) is 4.93. The molecule has 2 unspecified atom stereocenters. The van der Waals surface area contributed by atoms with E-state index in [1.54, 1.807) is 0 Å². The molecule has 0 heterocycles. The van der Waals surface area contributed by atoms with E-state index in [1.165, 1.54) is 5.56 Å². The van der Waals surface area contributed by atoms with Gasteiger partial charge in [-0.15, -0.1) is 0 Å². The smallest absolute Gasteiger partial charge is 0.138 e. The highest BCUT2D eigenvalue weighted by Gasteiger charge is 2.18. The Morgan fingerprint density at radius 3 is 2.24 bits per heavy atom. The first-order chi connectivity index (χ1) is 9.97. The van der Waals surface area contributed by atoms with E-state index in [0.717, 1.165) is 11.3 Å². The van der Waals surface area contributed by atoms with Gasteiger partial charge in [0.1, 0.15) is 11.9 Å². The second kappa shape index (κ2) is 6.97. The van der Waals surface area contributed by atoms with Gasteiger partial charge in [0.15, 0.2) is 0 Å². The average Bonchev–Trinajstić information content (AvgIpc) is 2.44. The predicted molar refractivity (Wildman–Crippen MR) is 89.0 cm³/mol. The first-order valence-corrected chi connectivity index (χ1v) is 7.63. The van der Waals surface area contributed by atoms with Gasteiger partial charge in [-0.1, -0.05) is 49.7 Å². The molecule has 3 heteroatoms. The van der Waals surface area contributed by atoms with Gasteiger partial charge in [-0.25, -0.2) is 0 Å². The van der Waals surface area contributed by atoms with E-state index >= 15 is 0 Å². The van der Waals surface area contributed by atoms with Gasteiger partial charge in [0.05, 0.1) is 0 Å². The van der Waals surface area contributed by atoms with Crippen molar-refractivity contribution >= 4 is 11.6 Å². The van der Waals surface area contributed by atoms with Crippen LogP contribution in [-0.4, -0.2) is 6.04 Å². The Hall–Kier alpha value is -1.51. The maximum atomic E-state index is 6.12. The normalized spacial score (nSPS) is 14.0. The van der Waals surface area contributed by atoms with Crippen LogP contribution in [-0.2, 0) is 0 Å². The lowest BCUT2D eigenvalue weighted by Gasteiger charge is -2.23. The summed E-state index contributed by atoms with van der Waals surface area (Å²) in [5.41, 5.74) is 8.34. The van der Waals surface area contributed by atoms with Crippen LogP contribution in [0.2, 0.25) is 5.02 Å². The molecule has 0 aliphatic heterocycles. The molecule has 0 aliphatic carbocycles. The Morgan fingerprint density at radius 1 is 0.952 bits per heavy atom. The fraction of sp³-hybridized carbons (Fsp3) is 0.333. The third kappa shape index (κ3) is 4.23. The number of hydrogen-bond acceptors (Lipinski definition) is 2. The monoisotopic (exact) mass is 303 g/mol. The first kappa shape index (κ1) is 15.9. The molecule has 2 nitrogen and oxygen atoms in total. The van der Waals surface area contributed by atoms with Crippen molar-refractivity contribution in [1.29, 1.82) is 0 Å². The zero-order valence-electron chi connectivity index (χ0n) is 12.7. The van der Waals surface area contributed by atoms with Gasteiger partial charge >= 0.3 is 0 Å². The van der Waals surface area contributed by atoms with Crippen molar-refractivity contribution in [3.63, 3.8) is 0 Å². The molecule has 0 aromatic heterocycles. The number of benzene rings is 2. The summed E-state index contributed by atoms with van der Waals surface area (Å²) >= 11 is 6.07. The van der Waals surface area contributed by atoms with Crippen molar-refractivity contribution in [3.8, 4) is 5.75 Å². The molecule has 0 radical (unpaired) electrons. The van der Waals surface area contributed by atoms with Crippen molar-refractivity contribution in [2.45, 2.75) is 38.8 Å². The first-order valence-electron chi connectivity index (χ1n) is 7.25. The minimum Gasteiger partial charge on any atom is -0.484 e. The lowest BCUT2D eigenvalue weighted by molar-refractivity contribution is 0.180. The van der Waals surface area contributed by atoms with Crippen molar-refractivity contribution in [2.75, 3.05) is 0 Å². The molecular formula is C18H22ClNO. The van der Waals surface area contributed by atoms with Gasteiger partial charge in [0.25, 0.3) is 0 Å². The zero-order chi connectivity index (χ0) is 15.4. The van der Waals surface area contributed by atoms with Gasteiger partial charge in [0, 0.05) is 11.1 Å². The summed E-state index contributed by atoms with van der Waals surface area (Å²) in [6, 6.07) is 15.7. The molecule has 21 heavy (non-hydrogen) atoms. The van der Waals surface area contributed by atoms with E-state index in [9.17, 15) is 0 Å².